The van der Waals surface area contributed by atoms with Crippen molar-refractivity contribution in [2.45, 2.75) is 65.3 Å². The molecule has 0 aliphatic rings. The number of rotatable bonds is 7. The first-order valence-corrected chi connectivity index (χ1v) is 7.38. The Hall–Kier alpha value is -0.890. The van der Waals surface area contributed by atoms with Gasteiger partial charge in [-0.15, -0.1) is 0 Å². The van der Waals surface area contributed by atoms with Crippen LogP contribution in [0.2, 0.25) is 0 Å². The number of benzene rings is 1. The molecule has 0 spiro atoms. The van der Waals surface area contributed by atoms with Gasteiger partial charge in [0.25, 0.3) is 0 Å². The lowest BCUT2D eigenvalue weighted by molar-refractivity contribution is 0.416. The van der Waals surface area contributed by atoms with E-state index in [4.69, 9.17) is 0 Å². The molecule has 0 aliphatic heterocycles. The first-order chi connectivity index (χ1) is 8.88. The van der Waals surface area contributed by atoms with Gasteiger partial charge in [0.2, 0.25) is 0 Å². The van der Waals surface area contributed by atoms with Crippen molar-refractivity contribution < 1.29 is 4.39 Å². The minimum absolute atomic E-state index is 0.1000. The Bertz CT molecular complexity index is 379. The molecule has 0 atom stereocenters. The second-order valence-electron chi connectivity index (χ2n) is 6.42. The van der Waals surface area contributed by atoms with Crippen LogP contribution < -0.4 is 5.32 Å². The molecule has 1 N–H and O–H groups in total. The largest absolute Gasteiger partial charge is 0.312 e. The standard InChI is InChI=1S/C17H28FN/c1-14-13-15(10-11-16(14)18)9-7-5-6-8-12-19-17(2,3)4/h10-11,13,19H,5-9,12H2,1-4H3. The van der Waals surface area contributed by atoms with Crippen LogP contribution in [0.1, 0.15) is 57.6 Å². The van der Waals surface area contributed by atoms with Crippen LogP contribution >= 0.6 is 0 Å². The molecule has 108 valence electrons. The summed E-state index contributed by atoms with van der Waals surface area (Å²) in [6.07, 6.45) is 6.01. The van der Waals surface area contributed by atoms with Gasteiger partial charge < -0.3 is 5.32 Å². The van der Waals surface area contributed by atoms with Crippen LogP contribution in [-0.2, 0) is 6.42 Å². The second-order valence-corrected chi connectivity index (χ2v) is 6.42. The van der Waals surface area contributed by atoms with E-state index in [0.29, 0.717) is 0 Å². The maximum Gasteiger partial charge on any atom is 0.126 e. The third-order valence-electron chi connectivity index (χ3n) is 3.27. The number of nitrogens with one attached hydrogen (secondary N) is 1. The highest BCUT2D eigenvalue weighted by atomic mass is 19.1. The van der Waals surface area contributed by atoms with Crippen molar-refractivity contribution in [2.24, 2.45) is 0 Å². The first-order valence-electron chi connectivity index (χ1n) is 7.38. The molecule has 0 saturated carbocycles. The molecule has 0 radical (unpaired) electrons. The summed E-state index contributed by atoms with van der Waals surface area (Å²) in [6, 6.07) is 5.46. The Morgan fingerprint density at radius 1 is 1.05 bits per heavy atom. The van der Waals surface area contributed by atoms with E-state index < -0.39 is 0 Å². The quantitative estimate of drug-likeness (QED) is 0.709. The summed E-state index contributed by atoms with van der Waals surface area (Å²) >= 11 is 0. The summed E-state index contributed by atoms with van der Waals surface area (Å²) in [7, 11) is 0. The first kappa shape index (κ1) is 16.2. The third-order valence-corrected chi connectivity index (χ3v) is 3.27. The van der Waals surface area contributed by atoms with Gasteiger partial charge >= 0.3 is 0 Å². The van der Waals surface area contributed by atoms with Crippen LogP contribution in [0.3, 0.4) is 0 Å². The summed E-state index contributed by atoms with van der Waals surface area (Å²) in [6.45, 7) is 9.52. The maximum absolute atomic E-state index is 13.1. The van der Waals surface area contributed by atoms with E-state index in [-0.39, 0.29) is 11.4 Å². The summed E-state index contributed by atoms with van der Waals surface area (Å²) in [4.78, 5) is 0. The van der Waals surface area contributed by atoms with E-state index in [0.717, 1.165) is 18.5 Å². The zero-order chi connectivity index (χ0) is 14.3. The van der Waals surface area contributed by atoms with Gasteiger partial charge in [0, 0.05) is 5.54 Å². The fourth-order valence-electron chi connectivity index (χ4n) is 2.13. The van der Waals surface area contributed by atoms with Gasteiger partial charge in [0.1, 0.15) is 5.82 Å². The molecule has 0 heterocycles. The van der Waals surface area contributed by atoms with E-state index in [2.05, 4.69) is 26.1 Å². The number of hydrogen-bond acceptors (Lipinski definition) is 1. The van der Waals surface area contributed by atoms with Crippen molar-refractivity contribution in [1.82, 2.24) is 5.32 Å². The Labute approximate surface area is 117 Å². The van der Waals surface area contributed by atoms with Gasteiger partial charge in [-0.05, 0) is 70.7 Å². The summed E-state index contributed by atoms with van der Waals surface area (Å²) < 4.78 is 13.1. The van der Waals surface area contributed by atoms with Gasteiger partial charge in [0.05, 0.1) is 0 Å². The normalized spacial score (nSPS) is 11.8. The molecule has 2 heteroatoms. The Balaban J connectivity index is 2.09. The molecule has 0 aromatic heterocycles. The van der Waals surface area contributed by atoms with Gasteiger partial charge in [-0.25, -0.2) is 4.39 Å². The van der Waals surface area contributed by atoms with E-state index in [9.17, 15) is 4.39 Å². The van der Waals surface area contributed by atoms with E-state index in [1.165, 1.54) is 31.2 Å². The molecule has 1 aromatic carbocycles. The average molecular weight is 265 g/mol. The third kappa shape index (κ3) is 7.31. The van der Waals surface area contributed by atoms with Crippen molar-refractivity contribution in [3.63, 3.8) is 0 Å². The van der Waals surface area contributed by atoms with Crippen LogP contribution in [0, 0.1) is 12.7 Å². The second kappa shape index (κ2) is 7.64. The lowest BCUT2D eigenvalue weighted by atomic mass is 10.0. The predicted octanol–water partition coefficient (Wildman–Crippen LogP) is 4.63. The monoisotopic (exact) mass is 265 g/mol. The van der Waals surface area contributed by atoms with Crippen LogP contribution in [-0.4, -0.2) is 12.1 Å². The van der Waals surface area contributed by atoms with Gasteiger partial charge in [-0.3, -0.25) is 0 Å². The molecule has 19 heavy (non-hydrogen) atoms. The van der Waals surface area contributed by atoms with Gasteiger partial charge in [-0.2, -0.15) is 0 Å². The summed E-state index contributed by atoms with van der Waals surface area (Å²) in [5, 5.41) is 3.50. The minimum atomic E-state index is -0.1000. The average Bonchev–Trinajstić information content (AvgIpc) is 2.31. The topological polar surface area (TPSA) is 12.0 Å². The van der Waals surface area contributed by atoms with Gasteiger partial charge in [0.15, 0.2) is 0 Å². The number of hydrogen-bond donors (Lipinski definition) is 1. The lowest BCUT2D eigenvalue weighted by Gasteiger charge is -2.20. The number of halogens is 1. The highest BCUT2D eigenvalue weighted by Crippen LogP contribution is 2.12. The van der Waals surface area contributed by atoms with E-state index in [1.54, 1.807) is 6.07 Å². The Morgan fingerprint density at radius 2 is 1.74 bits per heavy atom. The van der Waals surface area contributed by atoms with E-state index in [1.807, 2.05) is 19.1 Å². The fraction of sp³-hybridized carbons (Fsp3) is 0.647. The summed E-state index contributed by atoms with van der Waals surface area (Å²) in [5.74, 6) is -0.1000. The van der Waals surface area contributed by atoms with Crippen LogP contribution in [0.4, 0.5) is 4.39 Å². The molecule has 0 fully saturated rings. The Kier molecular flexibility index (Phi) is 6.50. The van der Waals surface area contributed by atoms with Crippen molar-refractivity contribution in [2.75, 3.05) is 6.54 Å². The maximum atomic E-state index is 13.1. The predicted molar refractivity (Wildman–Crippen MR) is 81.1 cm³/mol. The highest BCUT2D eigenvalue weighted by Gasteiger charge is 2.06. The highest BCUT2D eigenvalue weighted by molar-refractivity contribution is 5.23. The SMILES string of the molecule is Cc1cc(CCCCCCNC(C)(C)C)ccc1F. The fourth-order valence-corrected chi connectivity index (χ4v) is 2.13. The van der Waals surface area contributed by atoms with Crippen molar-refractivity contribution in [3.8, 4) is 0 Å². The molecule has 0 unspecified atom stereocenters. The molecule has 0 amide bonds. The zero-order valence-electron chi connectivity index (χ0n) is 12.9. The Morgan fingerprint density at radius 3 is 2.37 bits per heavy atom. The zero-order valence-corrected chi connectivity index (χ0v) is 12.9. The molecular formula is C17H28FN. The van der Waals surface area contributed by atoms with Crippen LogP contribution in [0.5, 0.6) is 0 Å². The molecule has 1 nitrogen and oxygen atoms in total. The molecular weight excluding hydrogens is 237 g/mol. The van der Waals surface area contributed by atoms with E-state index >= 15 is 0 Å². The van der Waals surface area contributed by atoms with Crippen LogP contribution in [0.15, 0.2) is 18.2 Å². The van der Waals surface area contributed by atoms with Crippen molar-refractivity contribution in [1.29, 1.82) is 0 Å². The number of aryl methyl sites for hydroxylation is 2. The smallest absolute Gasteiger partial charge is 0.126 e. The molecule has 1 aromatic rings. The summed E-state index contributed by atoms with van der Waals surface area (Å²) in [5.41, 5.74) is 2.24. The molecule has 0 saturated heterocycles. The molecule has 1 rings (SSSR count). The van der Waals surface area contributed by atoms with Gasteiger partial charge in [-0.1, -0.05) is 25.0 Å². The molecule has 0 bridgehead atoms. The molecule has 0 aliphatic carbocycles. The van der Waals surface area contributed by atoms with Crippen molar-refractivity contribution in [3.05, 3.63) is 35.1 Å². The van der Waals surface area contributed by atoms with Crippen molar-refractivity contribution >= 4 is 0 Å². The minimum Gasteiger partial charge on any atom is -0.312 e. The lowest BCUT2D eigenvalue weighted by Crippen LogP contribution is -2.36. The van der Waals surface area contributed by atoms with Crippen LogP contribution in [0.25, 0.3) is 0 Å². The number of unbranched alkanes of at least 4 members (excludes halogenated alkanes) is 3.